The van der Waals surface area contributed by atoms with Crippen LogP contribution in [0, 0.1) is 0 Å². The highest BCUT2D eigenvalue weighted by Gasteiger charge is 2.42. The lowest BCUT2D eigenvalue weighted by Crippen LogP contribution is -2.26. The molecule has 1 N–H and O–H groups in total. The SMILES string of the molecule is Oc1cnn(CC2CCC3(CCCC3)O2)c1. The van der Waals surface area contributed by atoms with Gasteiger partial charge >= 0.3 is 0 Å². The van der Waals surface area contributed by atoms with Gasteiger partial charge in [-0.1, -0.05) is 12.8 Å². The van der Waals surface area contributed by atoms with Crippen molar-refractivity contribution in [2.45, 2.75) is 56.8 Å². The van der Waals surface area contributed by atoms with Crippen LogP contribution < -0.4 is 0 Å². The Hall–Kier alpha value is -1.03. The van der Waals surface area contributed by atoms with Crippen LogP contribution in [-0.4, -0.2) is 26.6 Å². The van der Waals surface area contributed by atoms with E-state index in [1.165, 1.54) is 38.3 Å². The molecule has 0 aromatic carbocycles. The molecule has 16 heavy (non-hydrogen) atoms. The molecule has 2 fully saturated rings. The Morgan fingerprint density at radius 1 is 1.44 bits per heavy atom. The molecule has 1 saturated carbocycles. The van der Waals surface area contributed by atoms with Gasteiger partial charge in [-0.3, -0.25) is 4.68 Å². The van der Waals surface area contributed by atoms with Gasteiger partial charge in [-0.25, -0.2) is 0 Å². The minimum absolute atomic E-state index is 0.194. The number of aromatic hydroxyl groups is 1. The Balaban J connectivity index is 1.61. The Kier molecular flexibility index (Phi) is 2.39. The van der Waals surface area contributed by atoms with Gasteiger partial charge in [-0.15, -0.1) is 0 Å². The molecule has 1 spiro atoms. The lowest BCUT2D eigenvalue weighted by atomic mass is 9.98. The summed E-state index contributed by atoms with van der Waals surface area (Å²) in [5, 5.41) is 13.3. The van der Waals surface area contributed by atoms with Crippen molar-refractivity contribution in [3.05, 3.63) is 12.4 Å². The van der Waals surface area contributed by atoms with Gasteiger partial charge in [0.2, 0.25) is 0 Å². The number of ether oxygens (including phenoxy) is 1. The summed E-state index contributed by atoms with van der Waals surface area (Å²) in [5.41, 5.74) is 0.194. The monoisotopic (exact) mass is 222 g/mol. The number of hydrogen-bond acceptors (Lipinski definition) is 3. The molecule has 4 heteroatoms. The van der Waals surface area contributed by atoms with Crippen LogP contribution in [0.5, 0.6) is 5.75 Å². The maximum Gasteiger partial charge on any atom is 0.153 e. The molecule has 1 aromatic heterocycles. The molecule has 4 nitrogen and oxygen atoms in total. The fraction of sp³-hybridized carbons (Fsp3) is 0.750. The lowest BCUT2D eigenvalue weighted by Gasteiger charge is -2.23. The third kappa shape index (κ3) is 1.82. The standard InChI is InChI=1S/C12H18N2O2/c15-10-7-13-14(8-10)9-11-3-6-12(16-11)4-1-2-5-12/h7-8,11,15H,1-6,9H2. The molecule has 1 unspecified atom stereocenters. The van der Waals surface area contributed by atoms with E-state index in [4.69, 9.17) is 4.74 Å². The molecule has 1 saturated heterocycles. The van der Waals surface area contributed by atoms with E-state index in [0.29, 0.717) is 0 Å². The van der Waals surface area contributed by atoms with E-state index in [0.717, 1.165) is 13.0 Å². The van der Waals surface area contributed by atoms with Crippen molar-refractivity contribution in [2.24, 2.45) is 0 Å². The number of hydrogen-bond donors (Lipinski definition) is 1. The van der Waals surface area contributed by atoms with Crippen LogP contribution in [0.1, 0.15) is 38.5 Å². The normalized spacial score (nSPS) is 27.9. The molecular weight excluding hydrogens is 204 g/mol. The fourth-order valence-electron chi connectivity index (χ4n) is 3.07. The summed E-state index contributed by atoms with van der Waals surface area (Å²) in [6.07, 6.45) is 10.8. The number of rotatable bonds is 2. The zero-order chi connectivity index (χ0) is 11.0. The van der Waals surface area contributed by atoms with E-state index >= 15 is 0 Å². The van der Waals surface area contributed by atoms with E-state index in [1.807, 2.05) is 0 Å². The average molecular weight is 222 g/mol. The van der Waals surface area contributed by atoms with Gasteiger partial charge in [0, 0.05) is 0 Å². The Bertz CT molecular complexity index is 369. The average Bonchev–Trinajstić information content (AvgIpc) is 2.94. The molecule has 3 rings (SSSR count). The van der Waals surface area contributed by atoms with Crippen LogP contribution in [0.3, 0.4) is 0 Å². The molecule has 1 aromatic rings. The van der Waals surface area contributed by atoms with E-state index < -0.39 is 0 Å². The minimum Gasteiger partial charge on any atom is -0.505 e. The van der Waals surface area contributed by atoms with Gasteiger partial charge < -0.3 is 9.84 Å². The first-order valence-corrected chi connectivity index (χ1v) is 6.15. The molecule has 0 amide bonds. The smallest absolute Gasteiger partial charge is 0.153 e. The predicted molar refractivity (Wildman–Crippen MR) is 59.2 cm³/mol. The van der Waals surface area contributed by atoms with Crippen molar-refractivity contribution < 1.29 is 9.84 Å². The first kappa shape index (κ1) is 10.1. The van der Waals surface area contributed by atoms with Crippen LogP contribution in [0.25, 0.3) is 0 Å². The highest BCUT2D eigenvalue weighted by Crippen LogP contribution is 2.43. The van der Waals surface area contributed by atoms with Gasteiger partial charge in [0.1, 0.15) is 0 Å². The highest BCUT2D eigenvalue weighted by molar-refractivity contribution is 5.08. The zero-order valence-electron chi connectivity index (χ0n) is 9.43. The summed E-state index contributed by atoms with van der Waals surface area (Å²) in [6, 6.07) is 0. The van der Waals surface area contributed by atoms with Crippen molar-refractivity contribution in [1.82, 2.24) is 9.78 Å². The van der Waals surface area contributed by atoms with Crippen LogP contribution in [0.2, 0.25) is 0 Å². The second-order valence-corrected chi connectivity index (χ2v) is 5.09. The summed E-state index contributed by atoms with van der Waals surface area (Å²) < 4.78 is 7.95. The van der Waals surface area contributed by atoms with Crippen molar-refractivity contribution in [1.29, 1.82) is 0 Å². The Labute approximate surface area is 95.2 Å². The Morgan fingerprint density at radius 2 is 2.25 bits per heavy atom. The second-order valence-electron chi connectivity index (χ2n) is 5.09. The van der Waals surface area contributed by atoms with Gasteiger partial charge in [0.25, 0.3) is 0 Å². The third-order valence-electron chi connectivity index (χ3n) is 3.86. The topological polar surface area (TPSA) is 47.3 Å². The highest BCUT2D eigenvalue weighted by atomic mass is 16.5. The number of aromatic nitrogens is 2. The molecule has 1 aliphatic heterocycles. The zero-order valence-corrected chi connectivity index (χ0v) is 9.43. The quantitative estimate of drug-likeness (QED) is 0.833. The van der Waals surface area contributed by atoms with E-state index in [-0.39, 0.29) is 17.5 Å². The molecule has 1 aliphatic carbocycles. The van der Waals surface area contributed by atoms with Crippen LogP contribution in [0.4, 0.5) is 0 Å². The van der Waals surface area contributed by atoms with Crippen LogP contribution >= 0.6 is 0 Å². The molecule has 88 valence electrons. The molecular formula is C12H18N2O2. The molecule has 2 aliphatic rings. The van der Waals surface area contributed by atoms with Gasteiger partial charge in [-0.2, -0.15) is 5.10 Å². The van der Waals surface area contributed by atoms with E-state index in [1.54, 1.807) is 10.9 Å². The maximum atomic E-state index is 9.21. The molecule has 2 heterocycles. The predicted octanol–water partition coefficient (Wildman–Crippen LogP) is 2.08. The summed E-state index contributed by atoms with van der Waals surface area (Å²) >= 11 is 0. The summed E-state index contributed by atoms with van der Waals surface area (Å²) in [7, 11) is 0. The van der Waals surface area contributed by atoms with Crippen LogP contribution in [-0.2, 0) is 11.3 Å². The molecule has 0 radical (unpaired) electrons. The van der Waals surface area contributed by atoms with Crippen molar-refractivity contribution in [2.75, 3.05) is 0 Å². The molecule has 1 atom stereocenters. The van der Waals surface area contributed by atoms with Crippen molar-refractivity contribution in [3.63, 3.8) is 0 Å². The van der Waals surface area contributed by atoms with E-state index in [9.17, 15) is 5.11 Å². The maximum absolute atomic E-state index is 9.21. The summed E-state index contributed by atoms with van der Waals surface area (Å²) in [5.74, 6) is 0.230. The minimum atomic E-state index is 0.194. The largest absolute Gasteiger partial charge is 0.505 e. The Morgan fingerprint density at radius 3 is 2.94 bits per heavy atom. The summed E-state index contributed by atoms with van der Waals surface area (Å²) in [6.45, 7) is 0.766. The number of nitrogens with zero attached hydrogens (tertiary/aromatic N) is 2. The fourth-order valence-corrected chi connectivity index (χ4v) is 3.07. The van der Waals surface area contributed by atoms with Crippen LogP contribution in [0.15, 0.2) is 12.4 Å². The lowest BCUT2D eigenvalue weighted by molar-refractivity contribution is -0.0429. The van der Waals surface area contributed by atoms with Gasteiger partial charge in [0.15, 0.2) is 5.75 Å². The third-order valence-corrected chi connectivity index (χ3v) is 3.86. The summed E-state index contributed by atoms with van der Waals surface area (Å²) in [4.78, 5) is 0. The van der Waals surface area contributed by atoms with Crippen molar-refractivity contribution in [3.8, 4) is 5.75 Å². The molecule has 0 bridgehead atoms. The second kappa shape index (κ2) is 3.77. The first-order chi connectivity index (χ1) is 7.76. The van der Waals surface area contributed by atoms with Gasteiger partial charge in [-0.05, 0) is 25.7 Å². The van der Waals surface area contributed by atoms with E-state index in [2.05, 4.69) is 5.10 Å². The van der Waals surface area contributed by atoms with Gasteiger partial charge in [0.05, 0.1) is 30.6 Å². The van der Waals surface area contributed by atoms with Crippen molar-refractivity contribution >= 4 is 0 Å². The first-order valence-electron chi connectivity index (χ1n) is 6.15.